The van der Waals surface area contributed by atoms with Gasteiger partial charge >= 0.3 is 6.09 Å². The van der Waals surface area contributed by atoms with Gasteiger partial charge in [-0.25, -0.2) is 9.48 Å². The lowest BCUT2D eigenvalue weighted by Gasteiger charge is -2.16. The average molecular weight is 349 g/mol. The minimum Gasteiger partial charge on any atom is -0.465 e. The first-order chi connectivity index (χ1) is 12.3. The van der Waals surface area contributed by atoms with Crippen LogP contribution in [0.2, 0.25) is 0 Å². The number of nitrogens with one attached hydrogen (secondary N) is 1. The van der Waals surface area contributed by atoms with Gasteiger partial charge in [0.2, 0.25) is 0 Å². The molecule has 1 heterocycles. The fourth-order valence-corrected chi connectivity index (χ4v) is 3.21. The molecule has 0 spiro atoms. The third kappa shape index (κ3) is 3.61. The van der Waals surface area contributed by atoms with Gasteiger partial charge < -0.3 is 10.4 Å². The number of aryl methyl sites for hydroxylation is 3. The van der Waals surface area contributed by atoms with E-state index in [-0.39, 0.29) is 6.04 Å². The molecule has 1 aromatic heterocycles. The van der Waals surface area contributed by atoms with E-state index in [1.165, 1.54) is 11.1 Å². The summed E-state index contributed by atoms with van der Waals surface area (Å²) in [5.74, 6) is 0. The van der Waals surface area contributed by atoms with Crippen molar-refractivity contribution in [2.75, 3.05) is 0 Å². The molecular weight excluding hydrogens is 326 g/mol. The Morgan fingerprint density at radius 2 is 1.85 bits per heavy atom. The van der Waals surface area contributed by atoms with E-state index in [1.807, 2.05) is 49.0 Å². The molecule has 0 aliphatic heterocycles. The summed E-state index contributed by atoms with van der Waals surface area (Å²) in [5.41, 5.74) is 7.34. The van der Waals surface area contributed by atoms with Crippen LogP contribution in [0.25, 0.3) is 16.9 Å². The van der Waals surface area contributed by atoms with Crippen LogP contribution in [0.5, 0.6) is 0 Å². The van der Waals surface area contributed by atoms with Gasteiger partial charge in [-0.05, 0) is 62.6 Å². The lowest BCUT2D eigenvalue weighted by Crippen LogP contribution is -2.25. The number of carboxylic acid groups (broad SMARTS) is 1. The first kappa shape index (κ1) is 17.7. The van der Waals surface area contributed by atoms with E-state index in [1.54, 1.807) is 0 Å². The van der Waals surface area contributed by atoms with Crippen LogP contribution in [0.1, 0.15) is 35.2 Å². The molecule has 0 saturated carbocycles. The molecule has 3 rings (SSSR count). The zero-order valence-electron chi connectivity index (χ0n) is 15.4. The minimum absolute atomic E-state index is 0.290. The maximum absolute atomic E-state index is 10.9. The predicted molar refractivity (Wildman–Crippen MR) is 103 cm³/mol. The van der Waals surface area contributed by atoms with E-state index in [0.717, 1.165) is 28.1 Å². The maximum Gasteiger partial charge on any atom is 0.405 e. The monoisotopic (exact) mass is 349 g/mol. The third-order valence-corrected chi connectivity index (χ3v) is 4.58. The van der Waals surface area contributed by atoms with Gasteiger partial charge in [-0.1, -0.05) is 29.8 Å². The molecule has 1 amide bonds. The van der Waals surface area contributed by atoms with Crippen LogP contribution in [0, 0.1) is 20.8 Å². The van der Waals surface area contributed by atoms with Crippen molar-refractivity contribution >= 4 is 6.09 Å². The molecule has 0 aliphatic carbocycles. The summed E-state index contributed by atoms with van der Waals surface area (Å²) in [6, 6.07) is 14.0. The van der Waals surface area contributed by atoms with Crippen LogP contribution in [0.4, 0.5) is 4.79 Å². The van der Waals surface area contributed by atoms with Gasteiger partial charge in [0.1, 0.15) is 0 Å². The van der Waals surface area contributed by atoms with Gasteiger partial charge in [-0.15, -0.1) is 0 Å². The van der Waals surface area contributed by atoms with Crippen LogP contribution in [0.3, 0.4) is 0 Å². The predicted octanol–water partition coefficient (Wildman–Crippen LogP) is 4.79. The summed E-state index contributed by atoms with van der Waals surface area (Å²) in [4.78, 5) is 10.9. The van der Waals surface area contributed by atoms with Crippen LogP contribution in [-0.4, -0.2) is 21.0 Å². The van der Waals surface area contributed by atoms with Crippen molar-refractivity contribution in [2.24, 2.45) is 0 Å². The molecule has 5 heteroatoms. The van der Waals surface area contributed by atoms with E-state index in [2.05, 4.69) is 37.4 Å². The molecule has 0 fully saturated rings. The normalized spacial score (nSPS) is 12.0. The number of benzene rings is 2. The Morgan fingerprint density at radius 3 is 2.54 bits per heavy atom. The van der Waals surface area contributed by atoms with Gasteiger partial charge in [0, 0.05) is 11.8 Å². The highest BCUT2D eigenvalue weighted by Crippen LogP contribution is 2.25. The smallest absolute Gasteiger partial charge is 0.405 e. The summed E-state index contributed by atoms with van der Waals surface area (Å²) in [5, 5.41) is 16.2. The second kappa shape index (κ2) is 7.04. The molecule has 134 valence electrons. The van der Waals surface area contributed by atoms with Crippen molar-refractivity contribution in [3.8, 4) is 16.9 Å². The summed E-state index contributed by atoms with van der Waals surface area (Å²) in [6.07, 6.45) is 0.900. The summed E-state index contributed by atoms with van der Waals surface area (Å²) in [7, 11) is 0. The highest BCUT2D eigenvalue weighted by Gasteiger charge is 2.13. The third-order valence-electron chi connectivity index (χ3n) is 4.58. The Balaban J connectivity index is 1.95. The molecule has 0 aliphatic rings. The fourth-order valence-electron chi connectivity index (χ4n) is 3.21. The summed E-state index contributed by atoms with van der Waals surface area (Å²) >= 11 is 0. The van der Waals surface area contributed by atoms with Crippen molar-refractivity contribution in [1.82, 2.24) is 15.1 Å². The van der Waals surface area contributed by atoms with Crippen LogP contribution in [0.15, 0.2) is 48.7 Å². The van der Waals surface area contributed by atoms with E-state index >= 15 is 0 Å². The molecule has 3 aromatic rings. The van der Waals surface area contributed by atoms with Crippen molar-refractivity contribution in [1.29, 1.82) is 0 Å². The number of aromatic nitrogens is 2. The molecule has 26 heavy (non-hydrogen) atoms. The lowest BCUT2D eigenvalue weighted by atomic mass is 10.0. The molecule has 1 unspecified atom stereocenters. The van der Waals surface area contributed by atoms with E-state index in [4.69, 9.17) is 10.2 Å². The average Bonchev–Trinajstić information content (AvgIpc) is 3.04. The Kier molecular flexibility index (Phi) is 4.80. The van der Waals surface area contributed by atoms with E-state index in [0.29, 0.717) is 0 Å². The first-order valence-corrected chi connectivity index (χ1v) is 8.59. The number of nitrogens with zero attached hydrogens (tertiary/aromatic N) is 2. The van der Waals surface area contributed by atoms with Crippen LogP contribution in [-0.2, 0) is 0 Å². The minimum atomic E-state index is -1.03. The van der Waals surface area contributed by atoms with Crippen molar-refractivity contribution in [3.05, 3.63) is 70.9 Å². The van der Waals surface area contributed by atoms with Gasteiger partial charge in [0.25, 0.3) is 0 Å². The topological polar surface area (TPSA) is 67.2 Å². The van der Waals surface area contributed by atoms with Crippen molar-refractivity contribution < 1.29 is 9.90 Å². The second-order valence-corrected chi connectivity index (χ2v) is 6.68. The highest BCUT2D eigenvalue weighted by atomic mass is 16.4. The summed E-state index contributed by atoms with van der Waals surface area (Å²) < 4.78 is 1.82. The standard InChI is InChI=1S/C21H23N3O2/c1-13-5-8-18(15(3)11-13)20-9-10-24(23-20)17-7-6-14(2)19(12-17)16(4)22-21(25)26/h5-12,16,22H,1-4H3,(H,25,26). The quantitative estimate of drug-likeness (QED) is 0.711. The molecule has 2 aromatic carbocycles. The second-order valence-electron chi connectivity index (χ2n) is 6.68. The molecule has 0 saturated heterocycles. The molecule has 2 N–H and O–H groups in total. The molecular formula is C21H23N3O2. The number of hydrogen-bond donors (Lipinski definition) is 2. The Labute approximate surface area is 153 Å². The van der Waals surface area contributed by atoms with E-state index in [9.17, 15) is 4.79 Å². The molecule has 5 nitrogen and oxygen atoms in total. The van der Waals surface area contributed by atoms with E-state index < -0.39 is 6.09 Å². The zero-order chi connectivity index (χ0) is 18.8. The molecule has 1 atom stereocenters. The number of hydrogen-bond acceptors (Lipinski definition) is 2. The number of carbonyl (C=O) groups is 1. The Bertz CT molecular complexity index is 960. The van der Waals surface area contributed by atoms with Gasteiger partial charge in [-0.3, -0.25) is 0 Å². The molecule has 0 radical (unpaired) electrons. The summed E-state index contributed by atoms with van der Waals surface area (Å²) in [6.45, 7) is 7.98. The van der Waals surface area contributed by atoms with Gasteiger partial charge in [0.15, 0.2) is 0 Å². The van der Waals surface area contributed by atoms with Gasteiger partial charge in [-0.2, -0.15) is 5.10 Å². The lowest BCUT2D eigenvalue weighted by molar-refractivity contribution is 0.191. The zero-order valence-corrected chi connectivity index (χ0v) is 15.4. The van der Waals surface area contributed by atoms with Crippen molar-refractivity contribution in [3.63, 3.8) is 0 Å². The van der Waals surface area contributed by atoms with Crippen molar-refractivity contribution in [2.45, 2.75) is 33.7 Å². The number of amides is 1. The maximum atomic E-state index is 10.9. The first-order valence-electron chi connectivity index (χ1n) is 8.59. The molecule has 0 bridgehead atoms. The largest absolute Gasteiger partial charge is 0.465 e. The van der Waals surface area contributed by atoms with Crippen LogP contribution >= 0.6 is 0 Å². The Morgan fingerprint density at radius 1 is 1.08 bits per heavy atom. The Hall–Kier alpha value is -3.08. The van der Waals surface area contributed by atoms with Crippen LogP contribution < -0.4 is 5.32 Å². The number of rotatable bonds is 4. The fraction of sp³-hybridized carbons (Fsp3) is 0.238. The highest BCUT2D eigenvalue weighted by molar-refractivity contribution is 5.65. The SMILES string of the molecule is Cc1ccc(-c2ccn(-c3ccc(C)c(C(C)NC(=O)O)c3)n2)c(C)c1. The van der Waals surface area contributed by atoms with Gasteiger partial charge in [0.05, 0.1) is 17.4 Å².